The second-order valence-corrected chi connectivity index (χ2v) is 3.36. The molecular weight excluding hydrogens is 216 g/mol. The lowest BCUT2D eigenvalue weighted by Gasteiger charge is -2.11. The molecule has 0 radical (unpaired) electrons. The van der Waals surface area contributed by atoms with Gasteiger partial charge in [-0.1, -0.05) is 0 Å². The van der Waals surface area contributed by atoms with Gasteiger partial charge in [-0.05, 0) is 18.5 Å². The molecule has 0 fully saturated rings. The lowest BCUT2D eigenvalue weighted by molar-refractivity contribution is -0.131. The molecule has 0 N–H and O–H groups in total. The molecule has 0 aliphatic rings. The van der Waals surface area contributed by atoms with Gasteiger partial charge in [-0.3, -0.25) is 9.59 Å². The normalized spacial score (nSPS) is 12.6. The van der Waals surface area contributed by atoms with Crippen molar-refractivity contribution >= 4 is 23.2 Å². The Morgan fingerprint density at radius 3 is 2.00 bits per heavy atom. The van der Waals surface area contributed by atoms with E-state index in [1.807, 2.05) is 0 Å². The monoisotopic (exact) mass is 225 g/mol. The van der Waals surface area contributed by atoms with Gasteiger partial charge in [0.25, 0.3) is 5.78 Å². The minimum absolute atomic E-state index is 0.616. The van der Waals surface area contributed by atoms with Crippen molar-refractivity contribution in [2.24, 2.45) is 0 Å². The van der Waals surface area contributed by atoms with Crippen LogP contribution in [0.25, 0.3) is 0 Å². The fourth-order valence-electron chi connectivity index (χ4n) is 0.720. The molecule has 0 unspecified atom stereocenters. The van der Waals surface area contributed by atoms with Crippen LogP contribution in [0, 0.1) is 0 Å². The number of Topliss-reactive ketones (excluding diaryl/α,β-unsaturated/α-hetero) is 2. The molecule has 0 heterocycles. The quantitative estimate of drug-likeness (QED) is 0.314. The van der Waals surface area contributed by atoms with E-state index in [0.717, 1.165) is 13.1 Å². The van der Waals surface area contributed by atoms with E-state index in [0.29, 0.717) is 0 Å². The number of carbonyl (C=O) groups excluding carboxylic acids is 2. The van der Waals surface area contributed by atoms with Crippen molar-refractivity contribution in [2.75, 3.05) is 14.1 Å². The molecule has 6 heteroatoms. The van der Waals surface area contributed by atoms with E-state index < -0.39 is 22.5 Å². The molecule has 0 aliphatic heterocycles. The first-order valence-corrected chi connectivity index (χ1v) is 4.04. The molecule has 0 aromatic rings. The minimum atomic E-state index is -4.03. The average Bonchev–Trinajstić information content (AvgIpc) is 1.96. The molecular formula is C8H10ClF2NO2. The number of hydrogen-bond donors (Lipinski definition) is 0. The molecule has 14 heavy (non-hydrogen) atoms. The van der Waals surface area contributed by atoms with Crippen molar-refractivity contribution in [1.82, 2.24) is 4.90 Å². The number of carbonyl (C=O) groups is 2. The number of alkyl halides is 3. The Bertz CT molecular complexity index is 282. The molecule has 0 atom stereocenters. The highest BCUT2D eigenvalue weighted by atomic mass is 35.5. The number of allylic oxidation sites excluding steroid dienone is 1. The average molecular weight is 226 g/mol. The van der Waals surface area contributed by atoms with Crippen LogP contribution in [-0.4, -0.2) is 35.9 Å². The van der Waals surface area contributed by atoms with Gasteiger partial charge in [0.1, 0.15) is 0 Å². The molecule has 0 saturated heterocycles. The molecule has 0 aliphatic carbocycles. The molecule has 3 nitrogen and oxygen atoms in total. The molecule has 0 bridgehead atoms. The summed E-state index contributed by atoms with van der Waals surface area (Å²) < 4.78 is 24.8. The van der Waals surface area contributed by atoms with E-state index in [4.69, 9.17) is 0 Å². The van der Waals surface area contributed by atoms with Gasteiger partial charge in [0.05, 0.1) is 5.57 Å². The summed E-state index contributed by atoms with van der Waals surface area (Å²) in [6.07, 6.45) is 1.01. The molecule has 0 saturated carbocycles. The van der Waals surface area contributed by atoms with Gasteiger partial charge in [-0.2, -0.15) is 8.78 Å². The first-order valence-electron chi connectivity index (χ1n) is 3.67. The van der Waals surface area contributed by atoms with E-state index in [1.54, 1.807) is 0 Å². The van der Waals surface area contributed by atoms with Gasteiger partial charge >= 0.3 is 5.38 Å². The summed E-state index contributed by atoms with van der Waals surface area (Å²) in [7, 11) is 3.01. The summed E-state index contributed by atoms with van der Waals surface area (Å²) in [5, 5.41) is -4.03. The van der Waals surface area contributed by atoms with Crippen LogP contribution in [0.1, 0.15) is 6.92 Å². The third-order valence-corrected chi connectivity index (χ3v) is 1.44. The summed E-state index contributed by atoms with van der Waals surface area (Å²) in [4.78, 5) is 23.1. The maximum Gasteiger partial charge on any atom is 0.385 e. The summed E-state index contributed by atoms with van der Waals surface area (Å²) in [6.45, 7) is 1.02. The van der Waals surface area contributed by atoms with Crippen LogP contribution in [-0.2, 0) is 9.59 Å². The fraction of sp³-hybridized carbons (Fsp3) is 0.500. The van der Waals surface area contributed by atoms with Crippen LogP contribution in [0.2, 0.25) is 0 Å². The lowest BCUT2D eigenvalue weighted by Crippen LogP contribution is -2.27. The summed E-state index contributed by atoms with van der Waals surface area (Å²) >= 11 is 4.51. The summed E-state index contributed by atoms with van der Waals surface area (Å²) in [6, 6.07) is 0. The maximum absolute atomic E-state index is 12.4. The minimum Gasteiger partial charge on any atom is -0.383 e. The SMILES string of the molecule is CC(=O)C(=CN(C)C)C(=O)C(F)(F)Cl. The van der Waals surface area contributed by atoms with Crippen molar-refractivity contribution in [3.8, 4) is 0 Å². The second-order valence-electron chi connectivity index (χ2n) is 2.89. The van der Waals surface area contributed by atoms with Gasteiger partial charge in [-0.15, -0.1) is 0 Å². The number of ketones is 2. The van der Waals surface area contributed by atoms with Gasteiger partial charge < -0.3 is 4.90 Å². The van der Waals surface area contributed by atoms with Crippen LogP contribution in [0.4, 0.5) is 8.78 Å². The van der Waals surface area contributed by atoms with Crippen LogP contribution >= 0.6 is 11.6 Å². The summed E-state index contributed by atoms with van der Waals surface area (Å²) in [5.74, 6) is -2.43. The Balaban J connectivity index is 5.06. The van der Waals surface area contributed by atoms with Crippen molar-refractivity contribution in [2.45, 2.75) is 12.3 Å². The van der Waals surface area contributed by atoms with E-state index in [-0.39, 0.29) is 0 Å². The Kier molecular flexibility index (Phi) is 4.19. The molecule has 0 aromatic carbocycles. The Morgan fingerprint density at radius 1 is 1.36 bits per heavy atom. The number of halogens is 3. The van der Waals surface area contributed by atoms with Crippen LogP contribution < -0.4 is 0 Å². The maximum atomic E-state index is 12.4. The highest BCUT2D eigenvalue weighted by molar-refractivity contribution is 6.39. The van der Waals surface area contributed by atoms with Gasteiger partial charge in [-0.25, -0.2) is 0 Å². The van der Waals surface area contributed by atoms with Crippen molar-refractivity contribution in [1.29, 1.82) is 0 Å². The van der Waals surface area contributed by atoms with Crippen molar-refractivity contribution in [3.05, 3.63) is 11.8 Å². The smallest absolute Gasteiger partial charge is 0.383 e. The second kappa shape index (κ2) is 4.50. The van der Waals surface area contributed by atoms with Crippen LogP contribution in [0.5, 0.6) is 0 Å². The zero-order valence-corrected chi connectivity index (χ0v) is 8.73. The highest BCUT2D eigenvalue weighted by Gasteiger charge is 2.39. The fourth-order valence-corrected chi connectivity index (χ4v) is 0.822. The standard InChI is InChI=1S/C8H10ClF2NO2/c1-5(13)6(4-12(2)3)7(14)8(9,10)11/h4H,1-3H3. The first-order chi connectivity index (χ1) is 6.16. The van der Waals surface area contributed by atoms with Gasteiger partial charge in [0.15, 0.2) is 5.78 Å². The first kappa shape index (κ1) is 13.0. The van der Waals surface area contributed by atoms with E-state index in [2.05, 4.69) is 11.6 Å². The molecule has 0 rings (SSSR count). The van der Waals surface area contributed by atoms with Crippen molar-refractivity contribution in [3.63, 3.8) is 0 Å². The largest absolute Gasteiger partial charge is 0.385 e. The van der Waals surface area contributed by atoms with Crippen molar-refractivity contribution < 1.29 is 18.4 Å². The third-order valence-electron chi connectivity index (χ3n) is 1.27. The number of rotatable bonds is 4. The predicted molar refractivity (Wildman–Crippen MR) is 48.3 cm³/mol. The van der Waals surface area contributed by atoms with Crippen LogP contribution in [0.15, 0.2) is 11.8 Å². The van der Waals surface area contributed by atoms with E-state index in [1.165, 1.54) is 19.0 Å². The van der Waals surface area contributed by atoms with Gasteiger partial charge in [0.2, 0.25) is 0 Å². The Labute approximate surface area is 85.3 Å². The van der Waals surface area contributed by atoms with E-state index in [9.17, 15) is 18.4 Å². The topological polar surface area (TPSA) is 37.4 Å². The van der Waals surface area contributed by atoms with Gasteiger partial charge in [0, 0.05) is 20.3 Å². The molecule has 0 amide bonds. The highest BCUT2D eigenvalue weighted by Crippen LogP contribution is 2.24. The number of hydrogen-bond acceptors (Lipinski definition) is 3. The number of nitrogens with zero attached hydrogens (tertiary/aromatic N) is 1. The Morgan fingerprint density at radius 2 is 1.79 bits per heavy atom. The zero-order chi connectivity index (χ0) is 11.5. The molecule has 0 aromatic heterocycles. The Hall–Kier alpha value is -0.970. The zero-order valence-electron chi connectivity index (χ0n) is 7.97. The lowest BCUT2D eigenvalue weighted by atomic mass is 10.1. The molecule has 80 valence electrons. The third kappa shape index (κ3) is 3.83. The van der Waals surface area contributed by atoms with Crippen LogP contribution in [0.3, 0.4) is 0 Å². The summed E-state index contributed by atoms with van der Waals surface area (Å²) in [5.41, 5.74) is -0.616. The predicted octanol–water partition coefficient (Wildman–Crippen LogP) is 1.42. The van der Waals surface area contributed by atoms with E-state index >= 15 is 0 Å². The molecule has 0 spiro atoms.